The van der Waals surface area contributed by atoms with Crippen molar-refractivity contribution in [2.45, 2.75) is 37.1 Å². The third-order valence-electron chi connectivity index (χ3n) is 4.63. The van der Waals surface area contributed by atoms with Crippen molar-refractivity contribution in [3.63, 3.8) is 0 Å². The van der Waals surface area contributed by atoms with E-state index in [1.54, 1.807) is 29.8 Å². The molecular weight excluding hydrogens is 366 g/mol. The van der Waals surface area contributed by atoms with Crippen LogP contribution < -0.4 is 4.72 Å². The fourth-order valence-electron chi connectivity index (χ4n) is 3.26. The zero-order valence-corrected chi connectivity index (χ0v) is 15.8. The van der Waals surface area contributed by atoms with Crippen LogP contribution in [0.5, 0.6) is 0 Å². The molecule has 5 nitrogen and oxygen atoms in total. The Kier molecular flexibility index (Phi) is 4.84. The van der Waals surface area contributed by atoms with Crippen LogP contribution in [0.15, 0.2) is 52.3 Å². The summed E-state index contributed by atoms with van der Waals surface area (Å²) in [5.74, 6) is 0. The normalized spacial score (nSPS) is 14.2. The van der Waals surface area contributed by atoms with Gasteiger partial charge in [0.25, 0.3) is 0 Å². The average molecular weight is 386 g/mol. The van der Waals surface area contributed by atoms with Crippen LogP contribution in [0.2, 0.25) is 0 Å². The van der Waals surface area contributed by atoms with E-state index in [2.05, 4.69) is 14.7 Å². The van der Waals surface area contributed by atoms with Gasteiger partial charge in [0.15, 0.2) is 0 Å². The number of hydrogen-bond donors (Lipinski definition) is 1. The van der Waals surface area contributed by atoms with Gasteiger partial charge in [-0.15, -0.1) is 0 Å². The van der Waals surface area contributed by atoms with Crippen LogP contribution in [0.3, 0.4) is 0 Å². The Morgan fingerprint density at radius 2 is 1.85 bits per heavy atom. The molecule has 0 fully saturated rings. The number of sulfonamides is 1. The van der Waals surface area contributed by atoms with E-state index in [0.29, 0.717) is 16.3 Å². The van der Waals surface area contributed by atoms with Crippen LogP contribution in [0.4, 0.5) is 0 Å². The van der Waals surface area contributed by atoms with Crippen LogP contribution in [0.1, 0.15) is 29.7 Å². The molecular formula is C19H19N3O2S2. The molecule has 0 atom stereocenters. The lowest BCUT2D eigenvalue weighted by Crippen LogP contribution is -2.24. The predicted octanol–water partition coefficient (Wildman–Crippen LogP) is 3.56. The number of hydrogen-bond acceptors (Lipinski definition) is 5. The minimum atomic E-state index is -3.59. The van der Waals surface area contributed by atoms with Crippen molar-refractivity contribution in [2.24, 2.45) is 0 Å². The molecule has 26 heavy (non-hydrogen) atoms. The molecule has 4 rings (SSSR count). The van der Waals surface area contributed by atoms with E-state index in [1.165, 1.54) is 12.0 Å². The molecule has 1 aromatic carbocycles. The second kappa shape index (κ2) is 7.26. The molecule has 0 amide bonds. The first kappa shape index (κ1) is 17.3. The van der Waals surface area contributed by atoms with Crippen molar-refractivity contribution in [2.75, 3.05) is 0 Å². The summed E-state index contributed by atoms with van der Waals surface area (Å²) in [5, 5.41) is 3.94. The summed E-state index contributed by atoms with van der Waals surface area (Å²) in [5.41, 5.74) is 4.70. The molecule has 2 aromatic heterocycles. The van der Waals surface area contributed by atoms with E-state index in [1.807, 2.05) is 29.0 Å². The molecule has 1 aliphatic rings. The Hall–Kier alpha value is -2.09. The quantitative estimate of drug-likeness (QED) is 0.729. The van der Waals surface area contributed by atoms with E-state index in [9.17, 15) is 8.42 Å². The summed E-state index contributed by atoms with van der Waals surface area (Å²) >= 11 is 1.57. The highest BCUT2D eigenvalue weighted by molar-refractivity contribution is 7.89. The first-order valence-corrected chi connectivity index (χ1v) is 11.0. The minimum Gasteiger partial charge on any atom is -0.256 e. The van der Waals surface area contributed by atoms with E-state index in [-0.39, 0.29) is 6.54 Å². The number of aryl methyl sites for hydroxylation is 2. The van der Waals surface area contributed by atoms with Crippen molar-refractivity contribution in [1.29, 1.82) is 0 Å². The number of rotatable bonds is 5. The Morgan fingerprint density at radius 3 is 2.65 bits per heavy atom. The average Bonchev–Trinajstić information content (AvgIpc) is 3.21. The van der Waals surface area contributed by atoms with E-state index in [4.69, 9.17) is 0 Å². The van der Waals surface area contributed by atoms with Crippen molar-refractivity contribution < 1.29 is 8.42 Å². The third-order valence-corrected chi connectivity index (χ3v) is 6.71. The van der Waals surface area contributed by atoms with Gasteiger partial charge in [0, 0.05) is 23.3 Å². The first-order valence-electron chi connectivity index (χ1n) is 8.57. The fraction of sp³-hybridized carbons (Fsp3) is 0.263. The SMILES string of the molecule is O=S(=O)(NCc1nccnc1-c1ccsc1)c1ccc2c(c1)CCCC2. The van der Waals surface area contributed by atoms with Crippen molar-refractivity contribution in [3.8, 4) is 11.3 Å². The van der Waals surface area contributed by atoms with Crippen molar-refractivity contribution in [3.05, 3.63) is 64.2 Å². The maximum absolute atomic E-state index is 12.7. The summed E-state index contributed by atoms with van der Waals surface area (Å²) in [6.45, 7) is 0.110. The number of benzene rings is 1. The van der Waals surface area contributed by atoms with E-state index in [0.717, 1.165) is 30.4 Å². The Balaban J connectivity index is 1.56. The summed E-state index contributed by atoms with van der Waals surface area (Å²) in [6.07, 6.45) is 7.48. The maximum atomic E-state index is 12.7. The van der Waals surface area contributed by atoms with Gasteiger partial charge < -0.3 is 0 Å². The van der Waals surface area contributed by atoms with E-state index >= 15 is 0 Å². The monoisotopic (exact) mass is 385 g/mol. The molecule has 0 bridgehead atoms. The Morgan fingerprint density at radius 1 is 1.04 bits per heavy atom. The summed E-state index contributed by atoms with van der Waals surface area (Å²) in [4.78, 5) is 9.00. The number of nitrogens with one attached hydrogen (secondary N) is 1. The first-order chi connectivity index (χ1) is 12.6. The maximum Gasteiger partial charge on any atom is 0.240 e. The molecule has 0 saturated carbocycles. The Bertz CT molecular complexity index is 1020. The van der Waals surface area contributed by atoms with E-state index < -0.39 is 10.0 Å². The summed E-state index contributed by atoms with van der Waals surface area (Å²) in [7, 11) is -3.59. The third kappa shape index (κ3) is 3.56. The van der Waals surface area contributed by atoms with Crippen molar-refractivity contribution in [1.82, 2.24) is 14.7 Å². The zero-order chi connectivity index (χ0) is 18.0. The van der Waals surface area contributed by atoms with Gasteiger partial charge in [0.1, 0.15) is 0 Å². The summed E-state index contributed by atoms with van der Waals surface area (Å²) < 4.78 is 28.1. The predicted molar refractivity (Wildman–Crippen MR) is 102 cm³/mol. The van der Waals surface area contributed by atoms with Gasteiger partial charge in [-0.3, -0.25) is 9.97 Å². The molecule has 2 heterocycles. The van der Waals surface area contributed by atoms with Crippen molar-refractivity contribution >= 4 is 21.4 Å². The molecule has 0 aliphatic heterocycles. The van der Waals surface area contributed by atoms with Gasteiger partial charge in [-0.25, -0.2) is 13.1 Å². The summed E-state index contributed by atoms with van der Waals surface area (Å²) in [6, 6.07) is 7.41. The Labute approximate surface area is 157 Å². The fourth-order valence-corrected chi connectivity index (χ4v) is 4.94. The topological polar surface area (TPSA) is 72.0 Å². The van der Waals surface area contributed by atoms with Gasteiger partial charge in [-0.2, -0.15) is 11.3 Å². The molecule has 1 aliphatic carbocycles. The molecule has 0 saturated heterocycles. The van der Waals surface area contributed by atoms with Crippen LogP contribution in [-0.4, -0.2) is 18.4 Å². The molecule has 3 aromatic rings. The molecule has 0 spiro atoms. The second-order valence-electron chi connectivity index (χ2n) is 6.33. The zero-order valence-electron chi connectivity index (χ0n) is 14.2. The van der Waals surface area contributed by atoms with Crippen LogP contribution >= 0.6 is 11.3 Å². The minimum absolute atomic E-state index is 0.110. The van der Waals surface area contributed by atoms with Crippen LogP contribution in [0, 0.1) is 0 Å². The molecule has 7 heteroatoms. The van der Waals surface area contributed by atoms with Gasteiger partial charge in [0.2, 0.25) is 10.0 Å². The highest BCUT2D eigenvalue weighted by atomic mass is 32.2. The van der Waals surface area contributed by atoms with Gasteiger partial charge in [-0.1, -0.05) is 6.07 Å². The highest BCUT2D eigenvalue weighted by Gasteiger charge is 2.19. The lowest BCUT2D eigenvalue weighted by molar-refractivity contribution is 0.579. The number of nitrogens with zero attached hydrogens (tertiary/aromatic N) is 2. The standard InChI is InChI=1S/C19H19N3O2S2/c23-26(24,17-6-5-14-3-1-2-4-15(14)11-17)22-12-18-19(21-9-8-20-18)16-7-10-25-13-16/h5-11,13,22H,1-4,12H2. The van der Waals surface area contributed by atoms with Gasteiger partial charge >= 0.3 is 0 Å². The molecule has 0 unspecified atom stereocenters. The van der Waals surface area contributed by atoms with Crippen LogP contribution in [0.25, 0.3) is 11.3 Å². The number of thiophene rings is 1. The number of aromatic nitrogens is 2. The molecule has 134 valence electrons. The smallest absolute Gasteiger partial charge is 0.240 e. The largest absolute Gasteiger partial charge is 0.256 e. The highest BCUT2D eigenvalue weighted by Crippen LogP contribution is 2.25. The van der Waals surface area contributed by atoms with Gasteiger partial charge in [0.05, 0.1) is 22.8 Å². The molecule has 1 N–H and O–H groups in total. The molecule has 0 radical (unpaired) electrons. The number of fused-ring (bicyclic) bond motifs is 1. The second-order valence-corrected chi connectivity index (χ2v) is 8.87. The lowest BCUT2D eigenvalue weighted by atomic mass is 9.92. The lowest BCUT2D eigenvalue weighted by Gasteiger charge is -2.17. The van der Waals surface area contributed by atoms with Crippen LogP contribution in [-0.2, 0) is 29.4 Å². The van der Waals surface area contributed by atoms with Gasteiger partial charge in [-0.05, 0) is 60.4 Å².